The fraction of sp³-hybridized carbons (Fsp3) is 0.500. The standard InChI is InChI=1S/C18H24N4O3/c1-25-17(23)8-4-9-20-18(24)22-11-5-10-21(12-13-22)16-7-3-2-6-15(16)14-19/h2-3,6-7H,4-5,8-13H2,1H3,(H,20,24). The van der Waals surface area contributed by atoms with Crippen molar-refractivity contribution in [2.24, 2.45) is 0 Å². The number of anilines is 1. The van der Waals surface area contributed by atoms with Crippen molar-refractivity contribution in [3.63, 3.8) is 0 Å². The van der Waals surface area contributed by atoms with Gasteiger partial charge in [-0.2, -0.15) is 5.26 Å². The number of carbonyl (C=O) groups excluding carboxylic acids is 2. The number of carbonyl (C=O) groups is 2. The number of hydrogen-bond donors (Lipinski definition) is 1. The Labute approximate surface area is 148 Å². The minimum absolute atomic E-state index is 0.111. The molecule has 2 amide bonds. The zero-order chi connectivity index (χ0) is 18.1. The quantitative estimate of drug-likeness (QED) is 0.649. The summed E-state index contributed by atoms with van der Waals surface area (Å²) in [6.07, 6.45) is 1.71. The molecular formula is C18H24N4O3. The Bertz CT molecular complexity index is 641. The highest BCUT2D eigenvalue weighted by atomic mass is 16.5. The molecule has 1 aliphatic rings. The molecule has 0 spiro atoms. The van der Waals surface area contributed by atoms with Crippen LogP contribution in [0.25, 0.3) is 0 Å². The minimum atomic E-state index is -0.268. The third kappa shape index (κ3) is 5.38. The maximum Gasteiger partial charge on any atom is 0.317 e. The number of methoxy groups -OCH3 is 1. The maximum atomic E-state index is 12.3. The number of nitrogens with zero attached hydrogens (tertiary/aromatic N) is 3. The van der Waals surface area contributed by atoms with Crippen molar-refractivity contribution in [1.82, 2.24) is 10.2 Å². The van der Waals surface area contributed by atoms with Gasteiger partial charge in [0.15, 0.2) is 0 Å². The van der Waals surface area contributed by atoms with Gasteiger partial charge in [0.05, 0.1) is 18.4 Å². The SMILES string of the molecule is COC(=O)CCCNC(=O)N1CCCN(c2ccccc2C#N)CC1. The first-order valence-corrected chi connectivity index (χ1v) is 8.49. The van der Waals surface area contributed by atoms with Gasteiger partial charge in [0, 0.05) is 39.1 Å². The van der Waals surface area contributed by atoms with E-state index in [0.717, 1.165) is 18.7 Å². The van der Waals surface area contributed by atoms with Gasteiger partial charge in [-0.05, 0) is 25.0 Å². The Morgan fingerprint density at radius 3 is 2.80 bits per heavy atom. The van der Waals surface area contributed by atoms with Crippen molar-refractivity contribution in [2.45, 2.75) is 19.3 Å². The van der Waals surface area contributed by atoms with E-state index in [1.54, 1.807) is 4.90 Å². The Morgan fingerprint density at radius 2 is 2.04 bits per heavy atom. The summed E-state index contributed by atoms with van der Waals surface area (Å²) in [5.41, 5.74) is 1.58. The van der Waals surface area contributed by atoms with Gasteiger partial charge in [-0.1, -0.05) is 12.1 Å². The molecule has 7 heteroatoms. The lowest BCUT2D eigenvalue weighted by atomic mass is 10.1. The summed E-state index contributed by atoms with van der Waals surface area (Å²) in [6, 6.07) is 9.65. The second-order valence-electron chi connectivity index (χ2n) is 5.87. The number of urea groups is 1. The highest BCUT2D eigenvalue weighted by Gasteiger charge is 2.20. The molecule has 1 saturated heterocycles. The highest BCUT2D eigenvalue weighted by molar-refractivity contribution is 5.74. The largest absolute Gasteiger partial charge is 0.469 e. The van der Waals surface area contributed by atoms with Crippen LogP contribution in [0.1, 0.15) is 24.8 Å². The van der Waals surface area contributed by atoms with Gasteiger partial charge < -0.3 is 19.9 Å². The minimum Gasteiger partial charge on any atom is -0.469 e. The number of amides is 2. The van der Waals surface area contributed by atoms with Crippen LogP contribution in [0.4, 0.5) is 10.5 Å². The van der Waals surface area contributed by atoms with E-state index >= 15 is 0 Å². The third-order valence-corrected chi connectivity index (χ3v) is 4.21. The van der Waals surface area contributed by atoms with Crippen LogP contribution in [0.2, 0.25) is 0 Å². The Hall–Kier alpha value is -2.75. The molecule has 1 heterocycles. The van der Waals surface area contributed by atoms with E-state index in [1.807, 2.05) is 24.3 Å². The predicted molar refractivity (Wildman–Crippen MR) is 94.2 cm³/mol. The fourth-order valence-corrected chi connectivity index (χ4v) is 2.85. The molecule has 1 aliphatic heterocycles. The fourth-order valence-electron chi connectivity index (χ4n) is 2.85. The van der Waals surface area contributed by atoms with E-state index in [9.17, 15) is 14.9 Å². The van der Waals surface area contributed by atoms with Crippen molar-refractivity contribution in [1.29, 1.82) is 5.26 Å². The van der Waals surface area contributed by atoms with Gasteiger partial charge in [0.1, 0.15) is 6.07 Å². The molecule has 1 fully saturated rings. The first-order chi connectivity index (χ1) is 12.2. The number of esters is 1. The highest BCUT2D eigenvalue weighted by Crippen LogP contribution is 2.21. The van der Waals surface area contributed by atoms with E-state index in [0.29, 0.717) is 44.6 Å². The lowest BCUT2D eigenvalue weighted by molar-refractivity contribution is -0.140. The summed E-state index contributed by atoms with van der Waals surface area (Å²) in [6.45, 7) is 3.22. The summed E-state index contributed by atoms with van der Waals surface area (Å²) < 4.78 is 4.57. The van der Waals surface area contributed by atoms with E-state index in [1.165, 1.54) is 7.11 Å². The van der Waals surface area contributed by atoms with Crippen LogP contribution in [-0.2, 0) is 9.53 Å². The molecule has 0 saturated carbocycles. The molecule has 1 N–H and O–H groups in total. The molecule has 0 atom stereocenters. The predicted octanol–water partition coefficient (Wildman–Crippen LogP) is 1.73. The summed E-state index contributed by atoms with van der Waals surface area (Å²) in [5.74, 6) is -0.268. The van der Waals surface area contributed by atoms with E-state index in [2.05, 4.69) is 21.0 Å². The topological polar surface area (TPSA) is 85.7 Å². The van der Waals surface area contributed by atoms with Crippen molar-refractivity contribution in [3.8, 4) is 6.07 Å². The normalized spacial score (nSPS) is 14.4. The van der Waals surface area contributed by atoms with Crippen molar-refractivity contribution in [3.05, 3.63) is 29.8 Å². The average Bonchev–Trinajstić information content (AvgIpc) is 2.91. The zero-order valence-electron chi connectivity index (χ0n) is 14.5. The number of benzene rings is 1. The molecule has 1 aromatic carbocycles. The second kappa shape index (κ2) is 9.52. The van der Waals surface area contributed by atoms with Crippen LogP contribution >= 0.6 is 0 Å². The molecule has 134 valence electrons. The number of hydrogen-bond acceptors (Lipinski definition) is 5. The summed E-state index contributed by atoms with van der Waals surface area (Å²) in [5, 5.41) is 12.1. The lowest BCUT2D eigenvalue weighted by Crippen LogP contribution is -2.42. The van der Waals surface area contributed by atoms with Crippen molar-refractivity contribution >= 4 is 17.7 Å². The van der Waals surface area contributed by atoms with Crippen LogP contribution in [-0.4, -0.2) is 56.7 Å². The number of ether oxygens (including phenoxy) is 1. The van der Waals surface area contributed by atoms with Crippen LogP contribution < -0.4 is 10.2 Å². The van der Waals surface area contributed by atoms with Crippen molar-refractivity contribution < 1.29 is 14.3 Å². The molecule has 7 nitrogen and oxygen atoms in total. The molecule has 2 rings (SSSR count). The smallest absolute Gasteiger partial charge is 0.317 e. The zero-order valence-corrected chi connectivity index (χ0v) is 14.5. The number of nitrogens with one attached hydrogen (secondary N) is 1. The molecule has 1 aromatic rings. The molecule has 0 bridgehead atoms. The van der Waals surface area contributed by atoms with Gasteiger partial charge in [-0.25, -0.2) is 4.79 Å². The summed E-state index contributed by atoms with van der Waals surface area (Å²) >= 11 is 0. The Balaban J connectivity index is 1.83. The van der Waals surface area contributed by atoms with Gasteiger partial charge in [-0.15, -0.1) is 0 Å². The van der Waals surface area contributed by atoms with Gasteiger partial charge in [0.2, 0.25) is 0 Å². The number of para-hydroxylation sites is 1. The molecule has 0 unspecified atom stereocenters. The monoisotopic (exact) mass is 344 g/mol. The molecule has 0 aromatic heterocycles. The summed E-state index contributed by atoms with van der Waals surface area (Å²) in [4.78, 5) is 27.3. The molecule has 0 aliphatic carbocycles. The van der Waals surface area contributed by atoms with Gasteiger partial charge in [0.25, 0.3) is 0 Å². The van der Waals surface area contributed by atoms with E-state index < -0.39 is 0 Å². The van der Waals surface area contributed by atoms with Gasteiger partial charge >= 0.3 is 12.0 Å². The number of rotatable bonds is 5. The first kappa shape index (κ1) is 18.6. The van der Waals surface area contributed by atoms with Crippen LogP contribution in [0.3, 0.4) is 0 Å². The molecule has 25 heavy (non-hydrogen) atoms. The van der Waals surface area contributed by atoms with Crippen LogP contribution in [0.15, 0.2) is 24.3 Å². The Kier molecular flexibility index (Phi) is 7.08. The molecular weight excluding hydrogens is 320 g/mol. The molecule has 0 radical (unpaired) electrons. The average molecular weight is 344 g/mol. The van der Waals surface area contributed by atoms with Crippen molar-refractivity contribution in [2.75, 3.05) is 44.7 Å². The van der Waals surface area contributed by atoms with E-state index in [-0.39, 0.29) is 12.0 Å². The van der Waals surface area contributed by atoms with Gasteiger partial charge in [-0.3, -0.25) is 4.79 Å². The third-order valence-electron chi connectivity index (χ3n) is 4.21. The Morgan fingerprint density at radius 1 is 1.24 bits per heavy atom. The van der Waals surface area contributed by atoms with Crippen LogP contribution in [0.5, 0.6) is 0 Å². The number of nitriles is 1. The van der Waals surface area contributed by atoms with Crippen LogP contribution in [0, 0.1) is 11.3 Å². The maximum absolute atomic E-state index is 12.3. The summed E-state index contributed by atoms with van der Waals surface area (Å²) in [7, 11) is 1.36. The van der Waals surface area contributed by atoms with E-state index in [4.69, 9.17) is 0 Å². The second-order valence-corrected chi connectivity index (χ2v) is 5.87. The lowest BCUT2D eigenvalue weighted by Gasteiger charge is -2.24. The first-order valence-electron chi connectivity index (χ1n) is 8.49.